The van der Waals surface area contributed by atoms with E-state index < -0.39 is 0 Å². The van der Waals surface area contributed by atoms with Crippen LogP contribution in [-0.4, -0.2) is 34.5 Å². The summed E-state index contributed by atoms with van der Waals surface area (Å²) in [7, 11) is 2.21. The summed E-state index contributed by atoms with van der Waals surface area (Å²) >= 11 is 0. The van der Waals surface area contributed by atoms with Crippen molar-refractivity contribution in [2.24, 2.45) is 0 Å². The Morgan fingerprint density at radius 3 is 2.66 bits per heavy atom. The highest BCUT2D eigenvalue weighted by Crippen LogP contribution is 2.37. The normalized spacial score (nSPS) is 16.9. The molecule has 0 saturated heterocycles. The van der Waals surface area contributed by atoms with Crippen LogP contribution >= 0.6 is 0 Å². The quantitative estimate of drug-likeness (QED) is 0.590. The van der Waals surface area contributed by atoms with Gasteiger partial charge in [-0.15, -0.1) is 0 Å². The topological polar surface area (TPSA) is 43.2 Å². The average molecular weight is 389 g/mol. The molecule has 2 aliphatic rings. The number of hydrogen-bond donors (Lipinski definition) is 0. The molecular weight excluding hydrogens is 360 g/mol. The van der Waals surface area contributed by atoms with Crippen LogP contribution in [0, 0.1) is 0 Å². The molecule has 3 aromatic rings. The van der Waals surface area contributed by atoms with Crippen molar-refractivity contribution in [2.75, 3.05) is 18.6 Å². The molecule has 0 atom stereocenters. The Hall–Kier alpha value is -2.82. The van der Waals surface area contributed by atoms with Crippen LogP contribution in [-0.2, 0) is 6.42 Å². The van der Waals surface area contributed by atoms with Gasteiger partial charge in [-0.25, -0.2) is 9.67 Å². The van der Waals surface area contributed by atoms with Gasteiger partial charge in [0.25, 0.3) is 0 Å². The number of ether oxygens (including phenoxy) is 1. The van der Waals surface area contributed by atoms with Gasteiger partial charge in [-0.1, -0.05) is 25.7 Å². The second kappa shape index (κ2) is 7.90. The Labute approximate surface area is 172 Å². The maximum absolute atomic E-state index is 6.11. The molecule has 0 radical (unpaired) electrons. The third-order valence-corrected chi connectivity index (χ3v) is 6.31. The summed E-state index contributed by atoms with van der Waals surface area (Å²) in [5.74, 6) is 2.00. The maximum Gasteiger partial charge on any atom is 0.129 e. The molecule has 1 aliphatic heterocycles. The number of anilines is 1. The molecule has 3 heterocycles. The van der Waals surface area contributed by atoms with Crippen LogP contribution in [0.4, 0.5) is 5.82 Å². The Kier molecular flexibility index (Phi) is 4.96. The van der Waals surface area contributed by atoms with Gasteiger partial charge in [-0.2, -0.15) is 5.10 Å². The second-order valence-corrected chi connectivity index (χ2v) is 8.15. The van der Waals surface area contributed by atoms with Crippen molar-refractivity contribution >= 4 is 5.82 Å². The van der Waals surface area contributed by atoms with Crippen LogP contribution in [0.5, 0.6) is 5.75 Å². The van der Waals surface area contributed by atoms with E-state index in [4.69, 9.17) is 9.72 Å². The summed E-state index contributed by atoms with van der Waals surface area (Å²) in [6, 6.07) is 13.2. The number of nitrogens with zero attached hydrogens (tertiary/aromatic N) is 4. The lowest BCUT2D eigenvalue weighted by Crippen LogP contribution is -2.32. The number of rotatable bonds is 3. The third kappa shape index (κ3) is 3.61. The molecule has 5 nitrogen and oxygen atoms in total. The minimum absolute atomic E-state index is 0.606. The van der Waals surface area contributed by atoms with Gasteiger partial charge in [0.1, 0.15) is 11.6 Å². The van der Waals surface area contributed by atoms with Crippen LogP contribution in [0.2, 0.25) is 0 Å². The number of hydrogen-bond acceptors (Lipinski definition) is 4. The predicted molar refractivity (Wildman–Crippen MR) is 116 cm³/mol. The lowest BCUT2D eigenvalue weighted by molar-refractivity contribution is 0.325. The summed E-state index contributed by atoms with van der Waals surface area (Å²) in [5.41, 5.74) is 4.44. The van der Waals surface area contributed by atoms with Crippen molar-refractivity contribution in [3.05, 3.63) is 54.5 Å². The van der Waals surface area contributed by atoms with Crippen molar-refractivity contribution in [2.45, 2.75) is 51.0 Å². The van der Waals surface area contributed by atoms with E-state index in [-0.39, 0.29) is 0 Å². The summed E-state index contributed by atoms with van der Waals surface area (Å²) < 4.78 is 7.97. The summed E-state index contributed by atoms with van der Waals surface area (Å²) in [6.45, 7) is 0.645. The van der Waals surface area contributed by atoms with E-state index in [0.717, 1.165) is 34.9 Å². The number of benzene rings is 1. The molecule has 0 amide bonds. The molecule has 0 bridgehead atoms. The van der Waals surface area contributed by atoms with Gasteiger partial charge in [0.2, 0.25) is 0 Å². The Bertz CT molecular complexity index is 975. The monoisotopic (exact) mass is 388 g/mol. The molecule has 0 spiro atoms. The fraction of sp³-hybridized carbons (Fsp3) is 0.417. The van der Waals surface area contributed by atoms with Crippen molar-refractivity contribution in [3.63, 3.8) is 0 Å². The Balaban J connectivity index is 1.46. The molecule has 150 valence electrons. The fourth-order valence-electron chi connectivity index (χ4n) is 4.63. The Morgan fingerprint density at radius 1 is 1.03 bits per heavy atom. The maximum atomic E-state index is 6.11. The third-order valence-electron chi connectivity index (χ3n) is 6.31. The largest absolute Gasteiger partial charge is 0.492 e. The van der Waals surface area contributed by atoms with Gasteiger partial charge < -0.3 is 9.64 Å². The SMILES string of the molecule is CN(c1ccc2c(n1)CCOc1cc(-n3cccn3)ccc1-2)C1CCCCCC1. The highest BCUT2D eigenvalue weighted by Gasteiger charge is 2.22. The van der Waals surface area contributed by atoms with Crippen LogP contribution in [0.3, 0.4) is 0 Å². The smallest absolute Gasteiger partial charge is 0.129 e. The second-order valence-electron chi connectivity index (χ2n) is 8.15. The van der Waals surface area contributed by atoms with Crippen molar-refractivity contribution in [1.82, 2.24) is 14.8 Å². The van der Waals surface area contributed by atoms with Crippen LogP contribution in [0.1, 0.15) is 44.2 Å². The standard InChI is InChI=1S/C24H28N4O/c1-27(18-7-4-2-3-5-8-18)24-12-11-20-21-10-9-19(28-15-6-14-25-28)17-23(21)29-16-13-22(20)26-24/h6,9-12,14-15,17-18H,2-5,7-8,13,16H2,1H3. The summed E-state index contributed by atoms with van der Waals surface area (Å²) in [5, 5.41) is 4.33. The molecule has 2 aromatic heterocycles. The summed E-state index contributed by atoms with van der Waals surface area (Å²) in [6.07, 6.45) is 12.5. The van der Waals surface area contributed by atoms with Crippen LogP contribution in [0.15, 0.2) is 48.8 Å². The Morgan fingerprint density at radius 2 is 1.86 bits per heavy atom. The first kappa shape index (κ1) is 18.2. The molecule has 0 N–H and O–H groups in total. The highest BCUT2D eigenvalue weighted by molar-refractivity contribution is 5.75. The lowest BCUT2D eigenvalue weighted by atomic mass is 10.0. The van der Waals surface area contributed by atoms with Gasteiger partial charge >= 0.3 is 0 Å². The number of pyridine rings is 1. The highest BCUT2D eigenvalue weighted by atomic mass is 16.5. The average Bonchev–Trinajstić information content (AvgIpc) is 3.06. The number of aromatic nitrogens is 3. The van der Waals surface area contributed by atoms with Crippen molar-refractivity contribution in [3.8, 4) is 22.6 Å². The zero-order valence-corrected chi connectivity index (χ0v) is 17.1. The van der Waals surface area contributed by atoms with Gasteiger partial charge in [-0.3, -0.25) is 0 Å². The predicted octanol–water partition coefficient (Wildman–Crippen LogP) is 5.03. The molecule has 29 heavy (non-hydrogen) atoms. The molecule has 5 rings (SSSR count). The van der Waals surface area contributed by atoms with Crippen LogP contribution < -0.4 is 9.64 Å². The van der Waals surface area contributed by atoms with Gasteiger partial charge in [0.15, 0.2) is 0 Å². The molecular formula is C24H28N4O. The van der Waals surface area contributed by atoms with E-state index >= 15 is 0 Å². The minimum Gasteiger partial charge on any atom is -0.492 e. The molecule has 1 fully saturated rings. The van der Waals surface area contributed by atoms with Gasteiger partial charge in [-0.05, 0) is 43.2 Å². The lowest BCUT2D eigenvalue weighted by Gasteiger charge is -2.29. The van der Waals surface area contributed by atoms with Crippen molar-refractivity contribution < 1.29 is 4.74 Å². The minimum atomic E-state index is 0.606. The number of fused-ring (bicyclic) bond motifs is 3. The van der Waals surface area contributed by atoms with Crippen molar-refractivity contribution in [1.29, 1.82) is 0 Å². The van der Waals surface area contributed by atoms with E-state index in [2.05, 4.69) is 47.4 Å². The molecule has 1 saturated carbocycles. The van der Waals surface area contributed by atoms with E-state index in [1.807, 2.05) is 16.9 Å². The first-order valence-electron chi connectivity index (χ1n) is 10.8. The molecule has 1 aromatic carbocycles. The van der Waals surface area contributed by atoms with Crippen LogP contribution in [0.25, 0.3) is 16.8 Å². The molecule has 5 heteroatoms. The summed E-state index contributed by atoms with van der Waals surface area (Å²) in [4.78, 5) is 7.48. The molecule has 1 aliphatic carbocycles. The van der Waals surface area contributed by atoms with Gasteiger partial charge in [0.05, 0.1) is 18.0 Å². The first-order valence-corrected chi connectivity index (χ1v) is 10.8. The zero-order chi connectivity index (χ0) is 19.6. The van der Waals surface area contributed by atoms with E-state index in [9.17, 15) is 0 Å². The van der Waals surface area contributed by atoms with E-state index in [1.165, 1.54) is 44.1 Å². The fourth-order valence-corrected chi connectivity index (χ4v) is 4.63. The first-order chi connectivity index (χ1) is 14.3. The molecule has 0 unspecified atom stereocenters. The van der Waals surface area contributed by atoms with E-state index in [1.54, 1.807) is 6.20 Å². The van der Waals surface area contributed by atoms with E-state index in [0.29, 0.717) is 12.6 Å². The zero-order valence-electron chi connectivity index (χ0n) is 17.1. The van der Waals surface area contributed by atoms with Gasteiger partial charge in [0, 0.05) is 49.1 Å².